The molecule has 1 aromatic rings. The molecule has 1 N–H and O–H groups in total. The lowest BCUT2D eigenvalue weighted by Crippen LogP contribution is -2.18. The Hall–Kier alpha value is -1.44. The fourth-order valence-corrected chi connectivity index (χ4v) is 1.64. The minimum Gasteiger partial charge on any atom is -0.381 e. The summed E-state index contributed by atoms with van der Waals surface area (Å²) in [4.78, 5) is 0. The molecule has 3 nitrogen and oxygen atoms in total. The Kier molecular flexibility index (Phi) is 7.09. The van der Waals surface area contributed by atoms with Gasteiger partial charge in [0.25, 0.3) is 0 Å². The van der Waals surface area contributed by atoms with Crippen molar-refractivity contribution in [2.45, 2.75) is 26.8 Å². The van der Waals surface area contributed by atoms with Gasteiger partial charge in [-0.15, -0.1) is 0 Å². The van der Waals surface area contributed by atoms with Crippen molar-refractivity contribution in [2.24, 2.45) is 5.92 Å². The normalized spacial score (nSPS) is 10.7. The van der Waals surface area contributed by atoms with Crippen LogP contribution in [0.5, 0.6) is 0 Å². The molecule has 0 amide bonds. The monoisotopic (exact) mass is 264 g/mol. The van der Waals surface area contributed by atoms with Gasteiger partial charge in [0.2, 0.25) is 0 Å². The van der Waals surface area contributed by atoms with Crippen LogP contribution in [0.1, 0.15) is 31.4 Å². The molecule has 0 spiro atoms. The van der Waals surface area contributed by atoms with Crippen LogP contribution in [-0.4, -0.2) is 19.8 Å². The Morgan fingerprint density at radius 2 is 2.21 bits per heavy atom. The fraction of sp³-hybridized carbons (Fsp3) is 0.533. The molecular weight excluding hydrogens is 243 g/mol. The lowest BCUT2D eigenvalue weighted by atomic mass is 10.1. The third kappa shape index (κ3) is 5.82. The van der Waals surface area contributed by atoms with Crippen LogP contribution < -0.4 is 5.32 Å². The second-order valence-corrected chi connectivity index (χ2v) is 4.89. The number of nitrogens with zero attached hydrogens (tertiary/aromatic N) is 1. The zero-order chi connectivity index (χ0) is 14.1. The first-order valence-corrected chi connectivity index (χ1v) is 6.61. The van der Waals surface area contributed by atoms with E-state index in [9.17, 15) is 4.39 Å². The molecule has 1 rings (SSSR count). The molecule has 0 heterocycles. The molecule has 0 aliphatic carbocycles. The van der Waals surface area contributed by atoms with Crippen molar-refractivity contribution in [1.29, 1.82) is 5.26 Å². The number of ether oxygens (including phenoxy) is 1. The first-order valence-electron chi connectivity index (χ1n) is 6.61. The van der Waals surface area contributed by atoms with Gasteiger partial charge in [-0.05, 0) is 24.9 Å². The predicted octanol–water partition coefficient (Wildman–Crippen LogP) is 2.85. The number of hydrogen-bond acceptors (Lipinski definition) is 3. The highest BCUT2D eigenvalue weighted by Gasteiger charge is 2.06. The van der Waals surface area contributed by atoms with Crippen LogP contribution in [0.2, 0.25) is 0 Å². The van der Waals surface area contributed by atoms with Crippen LogP contribution in [0.15, 0.2) is 18.2 Å². The van der Waals surface area contributed by atoms with Crippen LogP contribution >= 0.6 is 0 Å². The van der Waals surface area contributed by atoms with E-state index in [1.54, 1.807) is 12.1 Å². The van der Waals surface area contributed by atoms with E-state index < -0.39 is 5.82 Å². The maximum Gasteiger partial charge on any atom is 0.145 e. The summed E-state index contributed by atoms with van der Waals surface area (Å²) in [6.45, 7) is 6.93. The number of rotatable bonds is 8. The molecule has 19 heavy (non-hydrogen) atoms. The summed E-state index contributed by atoms with van der Waals surface area (Å²) in [6, 6.07) is 6.72. The van der Waals surface area contributed by atoms with Crippen molar-refractivity contribution < 1.29 is 9.13 Å². The molecule has 0 aliphatic heterocycles. The minimum atomic E-state index is -0.423. The maximum absolute atomic E-state index is 13.7. The summed E-state index contributed by atoms with van der Waals surface area (Å²) < 4.78 is 19.2. The van der Waals surface area contributed by atoms with Crippen LogP contribution in [0, 0.1) is 23.1 Å². The predicted molar refractivity (Wildman–Crippen MR) is 73.1 cm³/mol. The molecule has 0 aromatic heterocycles. The molecule has 0 atom stereocenters. The van der Waals surface area contributed by atoms with Crippen molar-refractivity contribution in [3.8, 4) is 6.07 Å². The summed E-state index contributed by atoms with van der Waals surface area (Å²) in [5.74, 6) is 0.129. The lowest BCUT2D eigenvalue weighted by molar-refractivity contribution is 0.108. The lowest BCUT2D eigenvalue weighted by Gasteiger charge is -2.08. The zero-order valence-corrected chi connectivity index (χ0v) is 11.6. The Bertz CT molecular complexity index is 427. The highest BCUT2D eigenvalue weighted by atomic mass is 19.1. The van der Waals surface area contributed by atoms with Gasteiger partial charge in [-0.25, -0.2) is 4.39 Å². The molecule has 0 saturated heterocycles. The first-order chi connectivity index (χ1) is 9.15. The molecule has 0 unspecified atom stereocenters. The first kappa shape index (κ1) is 15.6. The quantitative estimate of drug-likeness (QED) is 0.734. The molecule has 0 aliphatic rings. The second kappa shape index (κ2) is 8.63. The van der Waals surface area contributed by atoms with Crippen molar-refractivity contribution in [3.63, 3.8) is 0 Å². The largest absolute Gasteiger partial charge is 0.381 e. The van der Waals surface area contributed by atoms with E-state index in [1.165, 1.54) is 6.07 Å². The van der Waals surface area contributed by atoms with E-state index in [2.05, 4.69) is 19.2 Å². The molecule has 0 saturated carbocycles. The molecule has 0 bridgehead atoms. The van der Waals surface area contributed by atoms with Gasteiger partial charge in [0.1, 0.15) is 11.9 Å². The zero-order valence-electron chi connectivity index (χ0n) is 11.6. The van der Waals surface area contributed by atoms with Gasteiger partial charge in [-0.2, -0.15) is 5.26 Å². The number of halogens is 1. The topological polar surface area (TPSA) is 45.0 Å². The molecular formula is C15H21FN2O. The number of benzene rings is 1. The number of nitriles is 1. The summed E-state index contributed by atoms with van der Waals surface area (Å²) in [5, 5.41) is 11.9. The van der Waals surface area contributed by atoms with Crippen LogP contribution in [0.25, 0.3) is 0 Å². The van der Waals surface area contributed by atoms with Crippen LogP contribution in [0.4, 0.5) is 4.39 Å². The number of nitrogens with one attached hydrogen (secondary N) is 1. The Morgan fingerprint density at radius 1 is 1.42 bits per heavy atom. The smallest absolute Gasteiger partial charge is 0.145 e. The Balaban J connectivity index is 2.22. The summed E-state index contributed by atoms with van der Waals surface area (Å²) >= 11 is 0. The average molecular weight is 264 g/mol. The Morgan fingerprint density at radius 3 is 2.89 bits per heavy atom. The third-order valence-corrected chi connectivity index (χ3v) is 2.61. The summed E-state index contributed by atoms with van der Waals surface area (Å²) in [5.41, 5.74) is 0.627. The van der Waals surface area contributed by atoms with Gasteiger partial charge in [0.15, 0.2) is 0 Å². The number of hydrogen-bond donors (Lipinski definition) is 1. The third-order valence-electron chi connectivity index (χ3n) is 2.61. The second-order valence-electron chi connectivity index (χ2n) is 4.89. The van der Waals surface area contributed by atoms with Crippen molar-refractivity contribution in [1.82, 2.24) is 5.32 Å². The van der Waals surface area contributed by atoms with Crippen molar-refractivity contribution in [3.05, 3.63) is 35.1 Å². The van der Waals surface area contributed by atoms with E-state index in [0.717, 1.165) is 19.6 Å². The molecule has 4 heteroatoms. The highest BCUT2D eigenvalue weighted by Crippen LogP contribution is 2.11. The highest BCUT2D eigenvalue weighted by molar-refractivity contribution is 5.34. The van der Waals surface area contributed by atoms with E-state index >= 15 is 0 Å². The van der Waals surface area contributed by atoms with E-state index in [0.29, 0.717) is 24.6 Å². The van der Waals surface area contributed by atoms with E-state index in [1.807, 2.05) is 6.07 Å². The van der Waals surface area contributed by atoms with Gasteiger partial charge >= 0.3 is 0 Å². The van der Waals surface area contributed by atoms with Crippen LogP contribution in [-0.2, 0) is 11.3 Å². The van der Waals surface area contributed by atoms with Gasteiger partial charge < -0.3 is 10.1 Å². The molecule has 1 aromatic carbocycles. The summed E-state index contributed by atoms with van der Waals surface area (Å²) in [6.07, 6.45) is 0.895. The van der Waals surface area contributed by atoms with Gasteiger partial charge in [0.05, 0.1) is 5.56 Å². The van der Waals surface area contributed by atoms with E-state index in [4.69, 9.17) is 10.00 Å². The molecule has 104 valence electrons. The summed E-state index contributed by atoms with van der Waals surface area (Å²) in [7, 11) is 0. The van der Waals surface area contributed by atoms with Gasteiger partial charge in [-0.3, -0.25) is 0 Å². The van der Waals surface area contributed by atoms with Gasteiger partial charge in [-0.1, -0.05) is 26.0 Å². The Labute approximate surface area is 114 Å². The van der Waals surface area contributed by atoms with Crippen molar-refractivity contribution >= 4 is 0 Å². The minimum absolute atomic E-state index is 0.0968. The van der Waals surface area contributed by atoms with Crippen LogP contribution in [0.3, 0.4) is 0 Å². The average Bonchev–Trinajstić information content (AvgIpc) is 2.39. The fourth-order valence-electron chi connectivity index (χ4n) is 1.64. The van der Waals surface area contributed by atoms with Gasteiger partial charge in [0, 0.05) is 25.3 Å². The maximum atomic E-state index is 13.7. The van der Waals surface area contributed by atoms with Crippen molar-refractivity contribution in [2.75, 3.05) is 19.8 Å². The molecule has 0 fully saturated rings. The van der Waals surface area contributed by atoms with E-state index in [-0.39, 0.29) is 5.56 Å². The SMILES string of the molecule is CC(C)COCCCNCc1cccc(C#N)c1F. The standard InChI is InChI=1S/C15H21FN2O/c1-12(2)11-19-8-4-7-18-10-14-6-3-5-13(9-17)15(14)16/h3,5-6,12,18H,4,7-8,10-11H2,1-2H3. The molecule has 0 radical (unpaired) electrons.